The van der Waals surface area contributed by atoms with Crippen LogP contribution in [0.1, 0.15) is 26.2 Å². The molecule has 0 radical (unpaired) electrons. The summed E-state index contributed by atoms with van der Waals surface area (Å²) in [6.45, 7) is 3.40. The Hall–Kier alpha value is -0.610. The number of carbonyl (C=O) groups is 1. The molecule has 1 rings (SSSR count). The summed E-state index contributed by atoms with van der Waals surface area (Å²) < 4.78 is 4.77. The lowest BCUT2D eigenvalue weighted by atomic mass is 10.2. The van der Waals surface area contributed by atoms with E-state index in [4.69, 9.17) is 4.74 Å². The number of nitrogens with one attached hydrogen (secondary N) is 1. The van der Waals surface area contributed by atoms with E-state index in [1.54, 1.807) is 6.92 Å². The predicted octanol–water partition coefficient (Wildman–Crippen LogP) is 0.300. The highest BCUT2D eigenvalue weighted by Gasteiger charge is 2.28. The van der Waals surface area contributed by atoms with Crippen LogP contribution in [-0.4, -0.2) is 36.9 Å². The predicted molar refractivity (Wildman–Crippen MR) is 52.9 cm³/mol. The van der Waals surface area contributed by atoms with E-state index in [-0.39, 0.29) is 12.1 Å². The minimum Gasteiger partial charge on any atom is -0.466 e. The summed E-state index contributed by atoms with van der Waals surface area (Å²) in [6, 6.07) is 0. The number of hydrogen-bond donors (Lipinski definition) is 2. The van der Waals surface area contributed by atoms with Crippen molar-refractivity contribution < 1.29 is 14.6 Å². The first-order chi connectivity index (χ1) is 6.74. The Morgan fingerprint density at radius 1 is 1.64 bits per heavy atom. The normalized spacial score (nSPS) is 17.9. The maximum absolute atomic E-state index is 10.9. The van der Waals surface area contributed by atoms with Crippen molar-refractivity contribution in [2.45, 2.75) is 32.3 Å². The number of carbonyl (C=O) groups excluding carboxylic acids is 1. The SMILES string of the molecule is CCOC(=O)CCNCC(O)C1CC1. The van der Waals surface area contributed by atoms with Crippen LogP contribution in [-0.2, 0) is 9.53 Å². The Kier molecular flexibility index (Phi) is 4.90. The van der Waals surface area contributed by atoms with Gasteiger partial charge >= 0.3 is 5.97 Å². The molecule has 1 aliphatic rings. The summed E-state index contributed by atoms with van der Waals surface area (Å²) in [4.78, 5) is 10.9. The third-order valence-corrected chi connectivity index (χ3v) is 2.33. The summed E-state index contributed by atoms with van der Waals surface area (Å²) in [7, 11) is 0. The summed E-state index contributed by atoms with van der Waals surface area (Å²) in [5, 5.41) is 12.5. The molecule has 4 heteroatoms. The van der Waals surface area contributed by atoms with Crippen LogP contribution in [0.2, 0.25) is 0 Å². The monoisotopic (exact) mass is 201 g/mol. The molecule has 2 N–H and O–H groups in total. The molecule has 0 bridgehead atoms. The topological polar surface area (TPSA) is 58.6 Å². The molecule has 1 aliphatic carbocycles. The molecule has 0 spiro atoms. The van der Waals surface area contributed by atoms with Crippen molar-refractivity contribution in [3.05, 3.63) is 0 Å². The molecule has 14 heavy (non-hydrogen) atoms. The van der Waals surface area contributed by atoms with E-state index < -0.39 is 0 Å². The van der Waals surface area contributed by atoms with Crippen molar-refractivity contribution in [2.75, 3.05) is 19.7 Å². The van der Waals surface area contributed by atoms with Crippen LogP contribution >= 0.6 is 0 Å². The lowest BCUT2D eigenvalue weighted by Crippen LogP contribution is -2.30. The molecule has 1 unspecified atom stereocenters. The molecule has 0 aromatic rings. The zero-order valence-electron chi connectivity index (χ0n) is 8.66. The molecule has 82 valence electrons. The second kappa shape index (κ2) is 5.98. The van der Waals surface area contributed by atoms with Gasteiger partial charge in [-0.15, -0.1) is 0 Å². The van der Waals surface area contributed by atoms with Crippen LogP contribution in [0.25, 0.3) is 0 Å². The third kappa shape index (κ3) is 4.58. The zero-order chi connectivity index (χ0) is 10.4. The van der Waals surface area contributed by atoms with E-state index in [1.807, 2.05) is 0 Å². The molecular weight excluding hydrogens is 182 g/mol. The molecule has 1 atom stereocenters. The Bertz CT molecular complexity index is 180. The van der Waals surface area contributed by atoms with E-state index >= 15 is 0 Å². The van der Waals surface area contributed by atoms with Crippen molar-refractivity contribution in [2.24, 2.45) is 5.92 Å². The standard InChI is InChI=1S/C10H19NO3/c1-2-14-10(13)5-6-11-7-9(12)8-3-4-8/h8-9,11-12H,2-7H2,1H3. The second-order valence-electron chi connectivity index (χ2n) is 3.66. The van der Waals surface area contributed by atoms with Gasteiger partial charge in [-0.2, -0.15) is 0 Å². The summed E-state index contributed by atoms with van der Waals surface area (Å²) in [6.07, 6.45) is 2.42. The highest BCUT2D eigenvalue weighted by molar-refractivity contribution is 5.69. The van der Waals surface area contributed by atoms with Crippen LogP contribution in [0.5, 0.6) is 0 Å². The molecular formula is C10H19NO3. The first-order valence-electron chi connectivity index (χ1n) is 5.28. The van der Waals surface area contributed by atoms with Crippen molar-refractivity contribution in [3.63, 3.8) is 0 Å². The van der Waals surface area contributed by atoms with Crippen molar-refractivity contribution in [1.82, 2.24) is 5.32 Å². The summed E-state index contributed by atoms with van der Waals surface area (Å²) in [5.74, 6) is 0.311. The van der Waals surface area contributed by atoms with Gasteiger partial charge in [-0.25, -0.2) is 0 Å². The smallest absolute Gasteiger partial charge is 0.307 e. The van der Waals surface area contributed by atoms with Gasteiger partial charge in [0, 0.05) is 13.1 Å². The van der Waals surface area contributed by atoms with Gasteiger partial charge in [-0.1, -0.05) is 0 Å². The van der Waals surface area contributed by atoms with Gasteiger partial charge in [0.05, 0.1) is 19.1 Å². The minimum atomic E-state index is -0.239. The van der Waals surface area contributed by atoms with E-state index in [2.05, 4.69) is 5.32 Å². The van der Waals surface area contributed by atoms with Crippen molar-refractivity contribution >= 4 is 5.97 Å². The zero-order valence-corrected chi connectivity index (χ0v) is 8.66. The maximum atomic E-state index is 10.9. The maximum Gasteiger partial charge on any atom is 0.307 e. The highest BCUT2D eigenvalue weighted by Crippen LogP contribution is 2.32. The van der Waals surface area contributed by atoms with Gasteiger partial charge in [0.15, 0.2) is 0 Å². The van der Waals surface area contributed by atoms with Gasteiger partial charge in [0.25, 0.3) is 0 Å². The van der Waals surface area contributed by atoms with Crippen LogP contribution < -0.4 is 5.32 Å². The van der Waals surface area contributed by atoms with E-state index in [9.17, 15) is 9.90 Å². The summed E-state index contributed by atoms with van der Waals surface area (Å²) in [5.41, 5.74) is 0. The molecule has 0 aromatic heterocycles. The number of aliphatic hydroxyl groups is 1. The fourth-order valence-corrected chi connectivity index (χ4v) is 1.32. The molecule has 1 saturated carbocycles. The van der Waals surface area contributed by atoms with E-state index in [1.165, 1.54) is 0 Å². The number of rotatable bonds is 7. The Morgan fingerprint density at radius 2 is 2.36 bits per heavy atom. The number of aliphatic hydroxyl groups excluding tert-OH is 1. The van der Waals surface area contributed by atoms with Crippen LogP contribution in [0.3, 0.4) is 0 Å². The lowest BCUT2D eigenvalue weighted by Gasteiger charge is -2.09. The fourth-order valence-electron chi connectivity index (χ4n) is 1.32. The Morgan fingerprint density at radius 3 is 2.93 bits per heavy atom. The first kappa shape index (κ1) is 11.5. The van der Waals surface area contributed by atoms with Gasteiger partial charge in [0.1, 0.15) is 0 Å². The average molecular weight is 201 g/mol. The average Bonchev–Trinajstić information content (AvgIpc) is 2.95. The first-order valence-corrected chi connectivity index (χ1v) is 5.28. The molecule has 0 aromatic carbocycles. The Balaban J connectivity index is 1.90. The minimum absolute atomic E-state index is 0.180. The molecule has 1 fully saturated rings. The van der Waals surface area contributed by atoms with Gasteiger partial charge in [-0.05, 0) is 25.7 Å². The molecule has 0 heterocycles. The largest absolute Gasteiger partial charge is 0.466 e. The quantitative estimate of drug-likeness (QED) is 0.459. The van der Waals surface area contributed by atoms with Crippen LogP contribution in [0, 0.1) is 5.92 Å². The fraction of sp³-hybridized carbons (Fsp3) is 0.900. The second-order valence-corrected chi connectivity index (χ2v) is 3.66. The van der Waals surface area contributed by atoms with Crippen LogP contribution in [0.15, 0.2) is 0 Å². The van der Waals surface area contributed by atoms with Crippen molar-refractivity contribution in [3.8, 4) is 0 Å². The number of esters is 1. The van der Waals surface area contributed by atoms with E-state index in [0.29, 0.717) is 32.0 Å². The molecule has 0 aliphatic heterocycles. The van der Waals surface area contributed by atoms with Gasteiger partial charge in [-0.3, -0.25) is 4.79 Å². The third-order valence-electron chi connectivity index (χ3n) is 2.33. The van der Waals surface area contributed by atoms with Crippen LogP contribution in [0.4, 0.5) is 0 Å². The molecule has 0 saturated heterocycles. The lowest BCUT2D eigenvalue weighted by molar-refractivity contribution is -0.143. The highest BCUT2D eigenvalue weighted by atomic mass is 16.5. The number of ether oxygens (including phenoxy) is 1. The van der Waals surface area contributed by atoms with E-state index in [0.717, 1.165) is 12.8 Å². The number of hydrogen-bond acceptors (Lipinski definition) is 4. The van der Waals surface area contributed by atoms with Crippen molar-refractivity contribution in [1.29, 1.82) is 0 Å². The Labute approximate surface area is 84.6 Å². The molecule has 0 amide bonds. The summed E-state index contributed by atoms with van der Waals surface area (Å²) >= 11 is 0. The van der Waals surface area contributed by atoms with Gasteiger partial charge in [0.2, 0.25) is 0 Å². The molecule has 4 nitrogen and oxygen atoms in total. The van der Waals surface area contributed by atoms with Gasteiger partial charge < -0.3 is 15.2 Å².